The number of likely N-dealkylation sites (tertiary alicyclic amines) is 1. The minimum Gasteiger partial charge on any atom is -0.465 e. The van der Waals surface area contributed by atoms with Gasteiger partial charge in [-0.2, -0.15) is 0 Å². The Kier molecular flexibility index (Phi) is 4.10. The van der Waals surface area contributed by atoms with E-state index in [0.717, 1.165) is 18.4 Å². The van der Waals surface area contributed by atoms with Crippen LogP contribution in [-0.2, 0) is 6.54 Å². The van der Waals surface area contributed by atoms with Crippen LogP contribution in [0.25, 0.3) is 0 Å². The van der Waals surface area contributed by atoms with E-state index in [0.29, 0.717) is 37.5 Å². The quantitative estimate of drug-likeness (QED) is 0.900. The van der Waals surface area contributed by atoms with Crippen LogP contribution in [0.1, 0.15) is 24.8 Å². The minimum absolute atomic E-state index is 0.217. The van der Waals surface area contributed by atoms with Gasteiger partial charge in [-0.15, -0.1) is 0 Å². The molecule has 0 spiro atoms. The first-order valence-corrected chi connectivity index (χ1v) is 7.59. The number of nitrogens with zero attached hydrogens (tertiary/aromatic N) is 1. The van der Waals surface area contributed by atoms with Crippen LogP contribution in [0.15, 0.2) is 24.3 Å². The molecule has 2 fully saturated rings. The lowest BCUT2D eigenvalue weighted by Gasteiger charge is -2.46. The number of hydrogen-bond acceptors (Lipinski definition) is 2. The number of nitrogens with one attached hydrogen (secondary N) is 1. The molecular formula is C16H21FN2O2. The van der Waals surface area contributed by atoms with Gasteiger partial charge in [0.1, 0.15) is 5.82 Å². The van der Waals surface area contributed by atoms with Crippen LogP contribution in [0.5, 0.6) is 0 Å². The predicted molar refractivity (Wildman–Crippen MR) is 77.5 cm³/mol. The van der Waals surface area contributed by atoms with E-state index < -0.39 is 6.09 Å². The summed E-state index contributed by atoms with van der Waals surface area (Å²) in [5, 5.41) is 12.8. The van der Waals surface area contributed by atoms with Gasteiger partial charge < -0.3 is 15.3 Å². The fourth-order valence-corrected chi connectivity index (χ4v) is 3.76. The van der Waals surface area contributed by atoms with E-state index in [1.54, 1.807) is 17.0 Å². The molecule has 0 unspecified atom stereocenters. The molecule has 4 nitrogen and oxygen atoms in total. The molecule has 2 bridgehead atoms. The van der Waals surface area contributed by atoms with Gasteiger partial charge >= 0.3 is 6.09 Å². The van der Waals surface area contributed by atoms with Crippen LogP contribution in [-0.4, -0.2) is 35.2 Å². The van der Waals surface area contributed by atoms with E-state index in [1.807, 2.05) is 0 Å². The molecule has 1 saturated heterocycles. The summed E-state index contributed by atoms with van der Waals surface area (Å²) in [6.45, 7) is 1.98. The zero-order valence-electron chi connectivity index (χ0n) is 12.0. The van der Waals surface area contributed by atoms with Gasteiger partial charge in [0.15, 0.2) is 0 Å². The van der Waals surface area contributed by atoms with E-state index in [-0.39, 0.29) is 5.82 Å². The number of benzene rings is 1. The summed E-state index contributed by atoms with van der Waals surface area (Å²) in [6, 6.07) is 6.92. The number of amides is 1. The number of rotatable bonds is 3. The van der Waals surface area contributed by atoms with Gasteiger partial charge in [-0.25, -0.2) is 9.18 Å². The second-order valence-electron chi connectivity index (χ2n) is 6.17. The maximum atomic E-state index is 12.9. The van der Waals surface area contributed by atoms with Gasteiger partial charge in [0.05, 0.1) is 0 Å². The lowest BCUT2D eigenvalue weighted by molar-refractivity contribution is 0.0463. The summed E-state index contributed by atoms with van der Waals surface area (Å²) in [5.41, 5.74) is 1.06. The molecule has 21 heavy (non-hydrogen) atoms. The van der Waals surface area contributed by atoms with Crippen molar-refractivity contribution in [3.8, 4) is 0 Å². The summed E-state index contributed by atoms with van der Waals surface area (Å²) in [6.07, 6.45) is 2.56. The van der Waals surface area contributed by atoms with Gasteiger partial charge in [0.2, 0.25) is 0 Å². The molecule has 2 aliphatic rings. The largest absolute Gasteiger partial charge is 0.465 e. The van der Waals surface area contributed by atoms with Crippen LogP contribution in [0.3, 0.4) is 0 Å². The molecule has 0 aromatic heterocycles. The number of hydrogen-bond donors (Lipinski definition) is 2. The number of fused-ring (bicyclic) bond motifs is 2. The SMILES string of the molecule is O=C(O)N1C[C@H]2CCC[C@@H](C1)[C@@H]2NCc1ccc(F)cc1. The van der Waals surface area contributed by atoms with Gasteiger partial charge in [-0.3, -0.25) is 0 Å². The van der Waals surface area contributed by atoms with Crippen molar-refractivity contribution in [2.24, 2.45) is 11.8 Å². The van der Waals surface area contributed by atoms with E-state index >= 15 is 0 Å². The number of carboxylic acid groups (broad SMARTS) is 1. The first kappa shape index (κ1) is 14.3. The molecule has 114 valence electrons. The van der Waals surface area contributed by atoms with Crippen molar-refractivity contribution in [3.63, 3.8) is 0 Å². The van der Waals surface area contributed by atoms with Gasteiger partial charge in [-0.1, -0.05) is 18.6 Å². The summed E-state index contributed by atoms with van der Waals surface area (Å²) < 4.78 is 12.9. The summed E-state index contributed by atoms with van der Waals surface area (Å²) in [7, 11) is 0. The van der Waals surface area contributed by atoms with Crippen molar-refractivity contribution in [2.75, 3.05) is 13.1 Å². The Morgan fingerprint density at radius 3 is 2.43 bits per heavy atom. The monoisotopic (exact) mass is 292 g/mol. The molecule has 1 heterocycles. The average Bonchev–Trinajstić information content (AvgIpc) is 2.45. The first-order chi connectivity index (χ1) is 10.1. The average molecular weight is 292 g/mol. The zero-order chi connectivity index (χ0) is 14.8. The molecule has 1 aromatic carbocycles. The van der Waals surface area contributed by atoms with Crippen molar-refractivity contribution in [2.45, 2.75) is 31.8 Å². The van der Waals surface area contributed by atoms with Crippen LogP contribution in [0.4, 0.5) is 9.18 Å². The third-order valence-electron chi connectivity index (χ3n) is 4.80. The second kappa shape index (κ2) is 6.02. The Labute approximate surface area is 124 Å². The Morgan fingerprint density at radius 2 is 1.86 bits per heavy atom. The molecule has 3 atom stereocenters. The molecule has 3 rings (SSSR count). The normalized spacial score (nSPS) is 28.4. The summed E-state index contributed by atoms with van der Waals surface area (Å²) in [4.78, 5) is 12.7. The van der Waals surface area contributed by atoms with E-state index in [2.05, 4.69) is 5.32 Å². The number of halogens is 1. The van der Waals surface area contributed by atoms with E-state index in [1.165, 1.54) is 18.6 Å². The molecule has 5 heteroatoms. The number of piperidine rings is 1. The Hall–Kier alpha value is -1.62. The van der Waals surface area contributed by atoms with Crippen LogP contribution in [0.2, 0.25) is 0 Å². The van der Waals surface area contributed by atoms with E-state index in [4.69, 9.17) is 0 Å². The third-order valence-corrected chi connectivity index (χ3v) is 4.80. The Balaban J connectivity index is 1.62. The standard InChI is InChI=1S/C16H21FN2O2/c17-14-6-4-11(5-7-14)8-18-15-12-2-1-3-13(15)10-19(9-12)16(20)21/h4-7,12-13,15,18H,1-3,8-10H2,(H,20,21)/t12-,13+,15-. The summed E-state index contributed by atoms with van der Waals surface area (Å²) in [5.74, 6) is 0.577. The smallest absolute Gasteiger partial charge is 0.407 e. The molecule has 0 radical (unpaired) electrons. The van der Waals surface area contributed by atoms with E-state index in [9.17, 15) is 14.3 Å². The minimum atomic E-state index is -0.802. The highest BCUT2D eigenvalue weighted by Gasteiger charge is 2.40. The van der Waals surface area contributed by atoms with Crippen molar-refractivity contribution in [1.82, 2.24) is 10.2 Å². The van der Waals surface area contributed by atoms with Crippen LogP contribution < -0.4 is 5.32 Å². The van der Waals surface area contributed by atoms with Crippen molar-refractivity contribution in [1.29, 1.82) is 0 Å². The zero-order valence-corrected chi connectivity index (χ0v) is 12.0. The molecule has 1 saturated carbocycles. The Bertz CT molecular complexity index is 492. The van der Waals surface area contributed by atoms with Crippen molar-refractivity contribution >= 4 is 6.09 Å². The maximum Gasteiger partial charge on any atom is 0.407 e. The first-order valence-electron chi connectivity index (χ1n) is 7.59. The Morgan fingerprint density at radius 1 is 1.24 bits per heavy atom. The summed E-state index contributed by atoms with van der Waals surface area (Å²) >= 11 is 0. The topological polar surface area (TPSA) is 52.6 Å². The molecule has 1 aliphatic carbocycles. The molecular weight excluding hydrogens is 271 g/mol. The third kappa shape index (κ3) is 3.18. The van der Waals surface area contributed by atoms with Gasteiger partial charge in [0, 0.05) is 25.7 Å². The fourth-order valence-electron chi connectivity index (χ4n) is 3.76. The second-order valence-corrected chi connectivity index (χ2v) is 6.17. The highest BCUT2D eigenvalue weighted by molar-refractivity contribution is 5.65. The molecule has 1 aromatic rings. The van der Waals surface area contributed by atoms with Crippen molar-refractivity contribution in [3.05, 3.63) is 35.6 Å². The molecule has 1 amide bonds. The lowest BCUT2D eigenvalue weighted by atomic mass is 9.73. The highest BCUT2D eigenvalue weighted by Crippen LogP contribution is 2.35. The fraction of sp³-hybridized carbons (Fsp3) is 0.562. The van der Waals surface area contributed by atoms with Gasteiger partial charge in [0.25, 0.3) is 0 Å². The maximum absolute atomic E-state index is 12.9. The van der Waals surface area contributed by atoms with Crippen LogP contribution >= 0.6 is 0 Å². The molecule has 2 N–H and O–H groups in total. The number of carbonyl (C=O) groups is 1. The molecule has 1 aliphatic heterocycles. The predicted octanol–water partition coefficient (Wildman–Crippen LogP) is 2.69. The highest BCUT2D eigenvalue weighted by atomic mass is 19.1. The lowest BCUT2D eigenvalue weighted by Crippen LogP contribution is -2.57. The van der Waals surface area contributed by atoms with Crippen molar-refractivity contribution < 1.29 is 14.3 Å². The van der Waals surface area contributed by atoms with Gasteiger partial charge in [-0.05, 0) is 42.4 Å². The van der Waals surface area contributed by atoms with Crippen LogP contribution in [0, 0.1) is 17.7 Å².